The number of fused-ring (bicyclic) bond motifs is 1. The van der Waals surface area contributed by atoms with Gasteiger partial charge in [0.05, 0.1) is 29.2 Å². The molecule has 5 N–H and O–H groups in total. The minimum atomic E-state index is -0.653. The number of hydrazone groups is 1. The summed E-state index contributed by atoms with van der Waals surface area (Å²) < 4.78 is 6.64. The van der Waals surface area contributed by atoms with E-state index in [1.165, 1.54) is 29.5 Å². The number of esters is 1. The highest BCUT2D eigenvalue weighted by molar-refractivity contribution is 7.18. The van der Waals surface area contributed by atoms with Crippen LogP contribution in [0.15, 0.2) is 29.4 Å². The van der Waals surface area contributed by atoms with Gasteiger partial charge in [-0.1, -0.05) is 18.6 Å². The van der Waals surface area contributed by atoms with Crippen molar-refractivity contribution in [2.24, 2.45) is 10.8 Å². The SMILES string of the molecule is CN(CC(=O)NC(CC(=O)OC1CCCCC1)c1nc2ccccc2s1)C(=O)CCC=NNC(=N)N. The number of nitrogens with zero attached hydrogens (tertiary/aromatic N) is 3. The molecule has 0 radical (unpaired) electrons. The van der Waals surface area contributed by atoms with E-state index in [9.17, 15) is 14.4 Å². The lowest BCUT2D eigenvalue weighted by Crippen LogP contribution is -2.40. The molecule has 2 amide bonds. The van der Waals surface area contributed by atoms with Crippen LogP contribution in [0.5, 0.6) is 0 Å². The van der Waals surface area contributed by atoms with Gasteiger partial charge in [-0.15, -0.1) is 11.3 Å². The first kappa shape index (κ1) is 27.1. The molecule has 1 fully saturated rings. The van der Waals surface area contributed by atoms with E-state index in [0.717, 1.165) is 42.3 Å². The number of ether oxygens (including phenoxy) is 1. The average Bonchev–Trinajstić information content (AvgIpc) is 3.28. The number of rotatable bonds is 11. The summed E-state index contributed by atoms with van der Waals surface area (Å²) in [7, 11) is 1.54. The van der Waals surface area contributed by atoms with E-state index in [2.05, 4.69) is 20.8 Å². The van der Waals surface area contributed by atoms with Gasteiger partial charge in [0, 0.05) is 19.7 Å². The fraction of sp³-hybridized carbons (Fsp3) is 0.500. The van der Waals surface area contributed by atoms with E-state index in [4.69, 9.17) is 15.9 Å². The number of carbonyl (C=O) groups is 3. The van der Waals surface area contributed by atoms with Gasteiger partial charge in [-0.2, -0.15) is 5.10 Å². The summed E-state index contributed by atoms with van der Waals surface area (Å²) >= 11 is 1.42. The maximum absolute atomic E-state index is 12.8. The second-order valence-electron chi connectivity index (χ2n) is 8.72. The first-order chi connectivity index (χ1) is 17.3. The third kappa shape index (κ3) is 8.59. The van der Waals surface area contributed by atoms with Gasteiger partial charge in [0.2, 0.25) is 17.8 Å². The number of para-hydroxylation sites is 1. The molecule has 1 aromatic carbocycles. The molecule has 1 saturated carbocycles. The molecule has 2 aromatic rings. The van der Waals surface area contributed by atoms with Crippen molar-refractivity contribution < 1.29 is 19.1 Å². The fourth-order valence-corrected chi connectivity index (χ4v) is 4.94. The number of hydrogen-bond acceptors (Lipinski definition) is 8. The first-order valence-corrected chi connectivity index (χ1v) is 12.8. The standard InChI is InChI=1S/C24H33N7O4S/c1-31(21(33)12-7-13-27-30-24(25)26)15-20(32)28-18(14-22(34)35-16-8-3-2-4-9-16)23-29-17-10-5-6-11-19(17)36-23/h5-6,10-11,13,16,18H,2-4,7-9,12,14-15H2,1H3,(H,28,32)(H4,25,26,30). The van der Waals surface area contributed by atoms with Crippen LogP contribution >= 0.6 is 11.3 Å². The van der Waals surface area contributed by atoms with Crippen LogP contribution in [0.3, 0.4) is 0 Å². The van der Waals surface area contributed by atoms with Crippen LogP contribution in [0.1, 0.15) is 62.4 Å². The van der Waals surface area contributed by atoms with Crippen LogP contribution in [0.25, 0.3) is 10.2 Å². The molecular formula is C24H33N7O4S. The van der Waals surface area contributed by atoms with Gasteiger partial charge >= 0.3 is 5.97 Å². The van der Waals surface area contributed by atoms with Gasteiger partial charge < -0.3 is 20.7 Å². The van der Waals surface area contributed by atoms with Crippen molar-refractivity contribution in [3.8, 4) is 0 Å². The molecule has 1 heterocycles. The number of thiazole rings is 1. The van der Waals surface area contributed by atoms with Crippen molar-refractivity contribution in [2.75, 3.05) is 13.6 Å². The average molecular weight is 516 g/mol. The number of nitrogens with two attached hydrogens (primary N) is 1. The fourth-order valence-electron chi connectivity index (χ4n) is 3.92. The Morgan fingerprint density at radius 2 is 2.06 bits per heavy atom. The zero-order valence-electron chi connectivity index (χ0n) is 20.4. The Hall–Kier alpha value is -3.54. The van der Waals surface area contributed by atoms with Crippen molar-refractivity contribution in [1.29, 1.82) is 5.41 Å². The summed E-state index contributed by atoms with van der Waals surface area (Å²) in [6.07, 6.45) is 6.80. The van der Waals surface area contributed by atoms with Gasteiger partial charge in [-0.05, 0) is 44.2 Å². The van der Waals surface area contributed by atoms with Gasteiger partial charge in [0.1, 0.15) is 11.1 Å². The lowest BCUT2D eigenvalue weighted by atomic mass is 9.98. The Balaban J connectivity index is 1.60. The van der Waals surface area contributed by atoms with Crippen LogP contribution < -0.4 is 16.5 Å². The number of carbonyl (C=O) groups excluding carboxylic acids is 3. The van der Waals surface area contributed by atoms with Gasteiger partial charge in [-0.25, -0.2) is 10.4 Å². The molecule has 0 spiro atoms. The number of likely N-dealkylation sites (N-methyl/N-ethyl adjacent to an activating group) is 1. The van der Waals surface area contributed by atoms with Gasteiger partial charge in [0.15, 0.2) is 0 Å². The molecule has 1 unspecified atom stereocenters. The predicted molar refractivity (Wildman–Crippen MR) is 138 cm³/mol. The van der Waals surface area contributed by atoms with Gasteiger partial charge in [-0.3, -0.25) is 19.8 Å². The Morgan fingerprint density at radius 1 is 1.31 bits per heavy atom. The van der Waals surface area contributed by atoms with E-state index in [1.807, 2.05) is 24.3 Å². The summed E-state index contributed by atoms with van der Waals surface area (Å²) in [5, 5.41) is 14.2. The maximum Gasteiger partial charge on any atom is 0.308 e. The maximum atomic E-state index is 12.8. The zero-order valence-corrected chi connectivity index (χ0v) is 21.2. The number of amides is 2. The minimum Gasteiger partial charge on any atom is -0.462 e. The molecular weight excluding hydrogens is 482 g/mol. The molecule has 194 valence electrons. The first-order valence-electron chi connectivity index (χ1n) is 12.0. The molecule has 1 atom stereocenters. The Labute approximate surface area is 214 Å². The van der Waals surface area contributed by atoms with E-state index >= 15 is 0 Å². The monoisotopic (exact) mass is 515 g/mol. The molecule has 0 aliphatic heterocycles. The molecule has 1 aromatic heterocycles. The van der Waals surface area contributed by atoms with E-state index in [1.54, 1.807) is 0 Å². The highest BCUT2D eigenvalue weighted by Gasteiger charge is 2.26. The molecule has 3 rings (SSSR count). The highest BCUT2D eigenvalue weighted by Crippen LogP contribution is 2.29. The number of hydrogen-bond donors (Lipinski definition) is 4. The number of guanidine groups is 1. The van der Waals surface area contributed by atoms with Crippen LogP contribution in [0, 0.1) is 5.41 Å². The third-order valence-electron chi connectivity index (χ3n) is 5.73. The quantitative estimate of drug-likeness (QED) is 0.154. The molecule has 1 aliphatic rings. The lowest BCUT2D eigenvalue weighted by molar-refractivity contribution is -0.151. The van der Waals surface area contributed by atoms with E-state index < -0.39 is 11.9 Å². The highest BCUT2D eigenvalue weighted by atomic mass is 32.1. The van der Waals surface area contributed by atoms with Crippen molar-refractivity contribution in [3.63, 3.8) is 0 Å². The molecule has 1 aliphatic carbocycles. The Bertz CT molecular complexity index is 1060. The summed E-state index contributed by atoms with van der Waals surface area (Å²) in [5.41, 5.74) is 8.19. The Morgan fingerprint density at radius 3 is 2.78 bits per heavy atom. The second kappa shape index (κ2) is 13.5. The van der Waals surface area contributed by atoms with Crippen molar-refractivity contribution in [3.05, 3.63) is 29.3 Å². The van der Waals surface area contributed by atoms with Crippen LogP contribution in [0.4, 0.5) is 0 Å². The van der Waals surface area contributed by atoms with Crippen LogP contribution in [-0.2, 0) is 19.1 Å². The normalized spacial score (nSPS) is 14.9. The summed E-state index contributed by atoms with van der Waals surface area (Å²) in [6, 6.07) is 6.97. The topological polar surface area (TPSA) is 163 Å². The minimum absolute atomic E-state index is 0.0284. The molecule has 36 heavy (non-hydrogen) atoms. The third-order valence-corrected chi connectivity index (χ3v) is 6.89. The zero-order chi connectivity index (χ0) is 25.9. The lowest BCUT2D eigenvalue weighted by Gasteiger charge is -2.24. The molecule has 0 bridgehead atoms. The number of benzene rings is 1. The largest absolute Gasteiger partial charge is 0.462 e. The molecule has 11 nitrogen and oxygen atoms in total. The van der Waals surface area contributed by atoms with Crippen LogP contribution in [0.2, 0.25) is 0 Å². The van der Waals surface area contributed by atoms with E-state index in [-0.39, 0.29) is 43.3 Å². The number of nitrogens with one attached hydrogen (secondary N) is 3. The smallest absolute Gasteiger partial charge is 0.308 e. The predicted octanol–water partition coefficient (Wildman–Crippen LogP) is 2.43. The van der Waals surface area contributed by atoms with Crippen LogP contribution in [-0.4, -0.2) is 59.5 Å². The Kier molecular flexibility index (Phi) is 10.2. The number of aromatic nitrogens is 1. The van der Waals surface area contributed by atoms with Crippen molar-refractivity contribution in [2.45, 2.75) is 63.5 Å². The summed E-state index contributed by atoms with van der Waals surface area (Å²) in [6.45, 7) is -0.166. The van der Waals surface area contributed by atoms with Gasteiger partial charge in [0.25, 0.3) is 0 Å². The summed E-state index contributed by atoms with van der Waals surface area (Å²) in [5.74, 6) is -1.30. The van der Waals surface area contributed by atoms with Crippen molar-refractivity contribution in [1.82, 2.24) is 20.6 Å². The second-order valence-corrected chi connectivity index (χ2v) is 9.78. The van der Waals surface area contributed by atoms with Crippen molar-refractivity contribution >= 4 is 51.5 Å². The van der Waals surface area contributed by atoms with E-state index in [0.29, 0.717) is 11.4 Å². The summed E-state index contributed by atoms with van der Waals surface area (Å²) in [4.78, 5) is 43.9. The molecule has 0 saturated heterocycles. The molecule has 12 heteroatoms.